The Morgan fingerprint density at radius 3 is 2.52 bits per heavy atom. The second-order valence-corrected chi connectivity index (χ2v) is 5.62. The molecule has 1 atom stereocenters. The Bertz CT molecular complexity index is 698. The van der Waals surface area contributed by atoms with Crippen LogP contribution < -0.4 is 10.1 Å². The van der Waals surface area contributed by atoms with Crippen molar-refractivity contribution in [2.24, 2.45) is 0 Å². The van der Waals surface area contributed by atoms with Gasteiger partial charge in [-0.2, -0.15) is 0 Å². The molecule has 0 bridgehead atoms. The molecule has 0 spiro atoms. The minimum atomic E-state index is -0.662. The Labute approximate surface area is 140 Å². The van der Waals surface area contributed by atoms with Crippen LogP contribution in [0.25, 0.3) is 0 Å². The van der Waals surface area contributed by atoms with E-state index in [1.807, 2.05) is 12.1 Å². The topological polar surface area (TPSA) is 55.4 Å². The number of carbonyl (C=O) groups excluding carboxylic acids is 2. The second-order valence-electron chi connectivity index (χ2n) is 5.19. The number of carbonyl (C=O) groups is 2. The van der Waals surface area contributed by atoms with Crippen molar-refractivity contribution in [2.75, 3.05) is 0 Å². The van der Waals surface area contributed by atoms with E-state index in [0.717, 1.165) is 5.56 Å². The number of halogens is 1. The number of Topliss-reactive ketones (excluding diaryl/α,β-unsaturated/α-hetero) is 1. The summed E-state index contributed by atoms with van der Waals surface area (Å²) in [5.74, 6) is 0.218. The van der Waals surface area contributed by atoms with Gasteiger partial charge < -0.3 is 10.1 Å². The molecule has 4 nitrogen and oxygen atoms in total. The first-order valence-electron chi connectivity index (χ1n) is 7.25. The molecule has 0 saturated carbocycles. The summed E-state index contributed by atoms with van der Waals surface area (Å²) in [5.41, 5.74) is 1.50. The molecule has 5 heteroatoms. The van der Waals surface area contributed by atoms with Crippen LogP contribution in [0.15, 0.2) is 48.5 Å². The van der Waals surface area contributed by atoms with Gasteiger partial charge in [0.15, 0.2) is 11.9 Å². The summed E-state index contributed by atoms with van der Waals surface area (Å²) >= 11 is 5.82. The maximum absolute atomic E-state index is 12.1. The number of hydrogen-bond donors (Lipinski definition) is 1. The lowest BCUT2D eigenvalue weighted by atomic mass is 10.1. The maximum Gasteiger partial charge on any atom is 0.261 e. The Morgan fingerprint density at radius 2 is 1.87 bits per heavy atom. The summed E-state index contributed by atoms with van der Waals surface area (Å²) in [4.78, 5) is 23.4. The zero-order chi connectivity index (χ0) is 16.8. The van der Waals surface area contributed by atoms with Crippen LogP contribution in [0.5, 0.6) is 5.75 Å². The molecule has 120 valence electrons. The van der Waals surface area contributed by atoms with Gasteiger partial charge in [-0.3, -0.25) is 9.59 Å². The van der Waals surface area contributed by atoms with Gasteiger partial charge in [-0.25, -0.2) is 0 Å². The lowest BCUT2D eigenvalue weighted by Gasteiger charge is -2.15. The molecule has 0 aliphatic rings. The number of nitrogens with one attached hydrogen (secondary N) is 1. The number of benzene rings is 2. The molecular weight excluding hydrogens is 314 g/mol. The zero-order valence-electron chi connectivity index (χ0n) is 13.0. The lowest BCUT2D eigenvalue weighted by molar-refractivity contribution is -0.127. The van der Waals surface area contributed by atoms with Crippen LogP contribution in [0.3, 0.4) is 0 Å². The summed E-state index contributed by atoms with van der Waals surface area (Å²) in [5, 5.41) is 3.46. The van der Waals surface area contributed by atoms with Crippen LogP contribution in [0.1, 0.15) is 29.8 Å². The number of ketones is 1. The van der Waals surface area contributed by atoms with Gasteiger partial charge in [-0.15, -0.1) is 0 Å². The minimum Gasteiger partial charge on any atom is -0.481 e. The molecule has 0 saturated heterocycles. The Balaban J connectivity index is 1.90. The highest BCUT2D eigenvalue weighted by Crippen LogP contribution is 2.15. The largest absolute Gasteiger partial charge is 0.481 e. The first-order chi connectivity index (χ1) is 11.0. The molecule has 1 amide bonds. The van der Waals surface area contributed by atoms with Gasteiger partial charge in [0.2, 0.25) is 0 Å². The van der Waals surface area contributed by atoms with Gasteiger partial charge in [-0.1, -0.05) is 35.9 Å². The summed E-state index contributed by atoms with van der Waals surface area (Å²) in [6.07, 6.45) is -0.662. The van der Waals surface area contributed by atoms with Crippen LogP contribution >= 0.6 is 11.6 Å². The van der Waals surface area contributed by atoms with Gasteiger partial charge in [0.25, 0.3) is 5.91 Å². The predicted octanol–water partition coefficient (Wildman–Crippen LogP) is 3.63. The predicted molar refractivity (Wildman–Crippen MR) is 89.8 cm³/mol. The Hall–Kier alpha value is -2.33. The van der Waals surface area contributed by atoms with Crippen molar-refractivity contribution in [3.8, 4) is 5.75 Å². The smallest absolute Gasteiger partial charge is 0.261 e. The minimum absolute atomic E-state index is 0.0460. The molecule has 23 heavy (non-hydrogen) atoms. The number of amides is 1. The standard InChI is InChI=1S/C18H18ClNO3/c1-12(21)15-4-3-5-17(10-15)23-13(2)18(22)20-11-14-6-8-16(19)9-7-14/h3-10,13H,11H2,1-2H3,(H,20,22). The number of rotatable bonds is 6. The SMILES string of the molecule is CC(=O)c1cccc(OC(C)C(=O)NCc2ccc(Cl)cc2)c1. The highest BCUT2D eigenvalue weighted by atomic mass is 35.5. The van der Waals surface area contributed by atoms with E-state index in [9.17, 15) is 9.59 Å². The monoisotopic (exact) mass is 331 g/mol. The lowest BCUT2D eigenvalue weighted by Crippen LogP contribution is -2.35. The van der Waals surface area contributed by atoms with Crippen molar-refractivity contribution in [1.82, 2.24) is 5.32 Å². The van der Waals surface area contributed by atoms with Gasteiger partial charge in [0.05, 0.1) is 0 Å². The molecule has 0 radical (unpaired) electrons. The summed E-state index contributed by atoms with van der Waals surface area (Å²) < 4.78 is 5.59. The van der Waals surface area contributed by atoms with Gasteiger partial charge in [0, 0.05) is 17.1 Å². The van der Waals surface area contributed by atoms with Crippen molar-refractivity contribution in [2.45, 2.75) is 26.5 Å². The van der Waals surface area contributed by atoms with Gasteiger partial charge in [0.1, 0.15) is 5.75 Å². The van der Waals surface area contributed by atoms with E-state index in [0.29, 0.717) is 22.9 Å². The van der Waals surface area contributed by atoms with Crippen LogP contribution in [0, 0.1) is 0 Å². The van der Waals surface area contributed by atoms with Crippen molar-refractivity contribution in [1.29, 1.82) is 0 Å². The molecular formula is C18H18ClNO3. The van der Waals surface area contributed by atoms with Crippen molar-refractivity contribution < 1.29 is 14.3 Å². The van der Waals surface area contributed by atoms with E-state index in [1.54, 1.807) is 43.3 Å². The van der Waals surface area contributed by atoms with Crippen molar-refractivity contribution >= 4 is 23.3 Å². The molecule has 2 aromatic carbocycles. The molecule has 0 aliphatic carbocycles. The second kappa shape index (κ2) is 7.79. The molecule has 2 aromatic rings. The molecule has 0 heterocycles. The average Bonchev–Trinajstić information content (AvgIpc) is 2.54. The fourth-order valence-corrected chi connectivity index (χ4v) is 2.11. The maximum atomic E-state index is 12.1. The summed E-state index contributed by atoms with van der Waals surface area (Å²) in [6.45, 7) is 3.55. The molecule has 2 rings (SSSR count). The fourth-order valence-electron chi connectivity index (χ4n) is 1.98. The number of hydrogen-bond acceptors (Lipinski definition) is 3. The van der Waals surface area contributed by atoms with Crippen LogP contribution in [-0.2, 0) is 11.3 Å². The first-order valence-corrected chi connectivity index (χ1v) is 7.63. The van der Waals surface area contributed by atoms with Crippen molar-refractivity contribution in [3.05, 3.63) is 64.7 Å². The molecule has 1 N–H and O–H groups in total. The van der Waals surface area contributed by atoms with Crippen LogP contribution in [-0.4, -0.2) is 17.8 Å². The van der Waals surface area contributed by atoms with E-state index in [-0.39, 0.29) is 11.7 Å². The van der Waals surface area contributed by atoms with Gasteiger partial charge >= 0.3 is 0 Å². The van der Waals surface area contributed by atoms with E-state index >= 15 is 0 Å². The summed E-state index contributed by atoms with van der Waals surface area (Å²) in [6, 6.07) is 14.0. The fraction of sp³-hybridized carbons (Fsp3) is 0.222. The van der Waals surface area contributed by atoms with E-state index in [2.05, 4.69) is 5.32 Å². The van der Waals surface area contributed by atoms with Crippen LogP contribution in [0.4, 0.5) is 0 Å². The Kier molecular flexibility index (Phi) is 5.77. The van der Waals surface area contributed by atoms with Crippen LogP contribution in [0.2, 0.25) is 5.02 Å². The normalized spacial score (nSPS) is 11.6. The van der Waals surface area contributed by atoms with Crippen molar-refractivity contribution in [3.63, 3.8) is 0 Å². The third-order valence-electron chi connectivity index (χ3n) is 3.30. The highest BCUT2D eigenvalue weighted by Gasteiger charge is 2.14. The molecule has 0 fully saturated rings. The highest BCUT2D eigenvalue weighted by molar-refractivity contribution is 6.30. The quantitative estimate of drug-likeness (QED) is 0.822. The zero-order valence-corrected chi connectivity index (χ0v) is 13.8. The first kappa shape index (κ1) is 17.0. The average molecular weight is 332 g/mol. The van der Waals surface area contributed by atoms with E-state index in [4.69, 9.17) is 16.3 Å². The third-order valence-corrected chi connectivity index (χ3v) is 3.55. The number of ether oxygens (including phenoxy) is 1. The Morgan fingerprint density at radius 1 is 1.17 bits per heavy atom. The molecule has 0 aromatic heterocycles. The third kappa shape index (κ3) is 5.11. The van der Waals surface area contributed by atoms with E-state index < -0.39 is 6.10 Å². The van der Waals surface area contributed by atoms with E-state index in [1.165, 1.54) is 6.92 Å². The molecule has 0 aliphatic heterocycles. The summed E-state index contributed by atoms with van der Waals surface area (Å²) in [7, 11) is 0. The van der Waals surface area contributed by atoms with Gasteiger partial charge in [-0.05, 0) is 43.7 Å². The molecule has 1 unspecified atom stereocenters.